The van der Waals surface area contributed by atoms with E-state index in [2.05, 4.69) is 10.2 Å². The number of aryl methyl sites for hydroxylation is 1. The Hall–Kier alpha value is -4.73. The molecule has 4 aromatic rings. The quantitative estimate of drug-likeness (QED) is 0.227. The smallest absolute Gasteiger partial charge is 0.435 e. The first-order valence-electron chi connectivity index (χ1n) is 15.9. The Bertz CT molecular complexity index is 2130. The highest BCUT2D eigenvalue weighted by Gasteiger charge is 2.65. The number of carbonyl (C=O) groups excluding carboxylic acids is 2. The molecule has 9 nitrogen and oxygen atoms in total. The molecule has 7 rings (SSSR count). The van der Waals surface area contributed by atoms with Crippen LogP contribution in [0.3, 0.4) is 0 Å². The lowest BCUT2D eigenvalue weighted by Gasteiger charge is -2.32. The van der Waals surface area contributed by atoms with Gasteiger partial charge in [-0.1, -0.05) is 23.7 Å². The van der Waals surface area contributed by atoms with Gasteiger partial charge in [-0.2, -0.15) is 41.2 Å². The van der Waals surface area contributed by atoms with Crippen molar-refractivity contribution in [2.45, 2.75) is 62.8 Å². The van der Waals surface area contributed by atoms with Gasteiger partial charge in [0.2, 0.25) is 5.91 Å². The van der Waals surface area contributed by atoms with Crippen molar-refractivity contribution in [3.63, 3.8) is 0 Å². The molecule has 268 valence electrons. The van der Waals surface area contributed by atoms with Crippen LogP contribution in [0.4, 0.5) is 30.7 Å². The summed E-state index contributed by atoms with van der Waals surface area (Å²) < 4.78 is 102. The van der Waals surface area contributed by atoms with E-state index in [9.17, 15) is 45.8 Å². The second kappa shape index (κ2) is 11.9. The van der Waals surface area contributed by atoms with E-state index >= 15 is 4.39 Å². The molecule has 3 aliphatic rings. The van der Waals surface area contributed by atoms with E-state index in [1.807, 2.05) is 0 Å². The molecule has 1 atom stereocenters. The first-order valence-corrected chi connectivity index (χ1v) is 16.3. The number of benzene rings is 2. The van der Waals surface area contributed by atoms with E-state index in [4.69, 9.17) is 11.6 Å². The highest BCUT2D eigenvalue weighted by atomic mass is 35.5. The number of rotatable bonds is 5. The van der Waals surface area contributed by atoms with Crippen molar-refractivity contribution in [1.82, 2.24) is 24.5 Å². The average molecular weight is 738 g/mol. The summed E-state index contributed by atoms with van der Waals surface area (Å²) in [5.74, 6) is -4.81. The summed E-state index contributed by atoms with van der Waals surface area (Å²) in [6, 6.07) is 6.80. The highest BCUT2D eigenvalue weighted by Crippen LogP contribution is 2.60. The number of carboxylic acid groups (broad SMARTS) is 1. The number of fused-ring (bicyclic) bond motifs is 2. The molecule has 2 aliphatic carbocycles. The molecule has 0 spiro atoms. The molecule has 17 heteroatoms. The second-order valence-electron chi connectivity index (χ2n) is 13.1. The number of carbonyl (C=O) groups is 3. The molecule has 0 radical (unpaired) electrons. The maximum atomic E-state index is 15.4. The second-order valence-corrected chi connectivity index (χ2v) is 13.5. The van der Waals surface area contributed by atoms with Gasteiger partial charge in [-0.3, -0.25) is 14.3 Å². The van der Waals surface area contributed by atoms with Gasteiger partial charge in [0.25, 0.3) is 5.91 Å². The van der Waals surface area contributed by atoms with Crippen LogP contribution in [-0.4, -0.2) is 60.1 Å². The summed E-state index contributed by atoms with van der Waals surface area (Å²) in [5.41, 5.74) is -4.18. The van der Waals surface area contributed by atoms with Crippen molar-refractivity contribution in [3.8, 4) is 11.3 Å². The number of carboxylic acids is 1. The number of aromatic nitrogens is 4. The van der Waals surface area contributed by atoms with E-state index in [1.54, 1.807) is 0 Å². The largest absolute Gasteiger partial charge is 0.478 e. The fourth-order valence-electron chi connectivity index (χ4n) is 7.39. The van der Waals surface area contributed by atoms with Crippen LogP contribution < -0.4 is 0 Å². The summed E-state index contributed by atoms with van der Waals surface area (Å²) in [4.78, 5) is 41.0. The predicted molar refractivity (Wildman–Crippen MR) is 166 cm³/mol. The van der Waals surface area contributed by atoms with Crippen molar-refractivity contribution in [3.05, 3.63) is 92.1 Å². The number of halogens is 8. The predicted octanol–water partition coefficient (Wildman–Crippen LogP) is 6.77. The summed E-state index contributed by atoms with van der Waals surface area (Å²) in [7, 11) is 1.40. The average Bonchev–Trinajstić information content (AvgIpc) is 3.72. The maximum Gasteiger partial charge on any atom is 0.435 e. The number of nitrogens with zero attached hydrogens (tertiary/aromatic N) is 5. The molecule has 1 N–H and O–H groups in total. The van der Waals surface area contributed by atoms with E-state index < -0.39 is 58.5 Å². The van der Waals surface area contributed by atoms with Crippen LogP contribution in [-0.2, 0) is 49.2 Å². The van der Waals surface area contributed by atoms with Gasteiger partial charge in [0.05, 0.1) is 33.0 Å². The van der Waals surface area contributed by atoms with Gasteiger partial charge in [-0.15, -0.1) is 0 Å². The Labute approximate surface area is 289 Å². The highest BCUT2D eigenvalue weighted by molar-refractivity contribution is 6.34. The van der Waals surface area contributed by atoms with E-state index in [-0.39, 0.29) is 90.3 Å². The van der Waals surface area contributed by atoms with Crippen molar-refractivity contribution in [1.29, 1.82) is 0 Å². The third-order valence-electron chi connectivity index (χ3n) is 10.1. The first-order chi connectivity index (χ1) is 23.9. The standard InChI is InChI=1S/C34H27ClF7N5O4/c1-45-24-9-12-46(15-20(24)28(44-45)33(37,38)39)29(48)16-5-8-19-25(14-16)47(43-27(19)18-7-6-17(31(50)51)13-23(18)36)30(49)26-21(3-2-4-22(26)35)32(10-11-32)34(40,41)42/h2-4,6-7,13,16H,5,8-12,14-15H2,1H3,(H,50,51)/t16-/m0/s1. The van der Waals surface area contributed by atoms with E-state index in [1.165, 1.54) is 30.1 Å². The molecule has 3 heterocycles. The molecule has 0 bridgehead atoms. The van der Waals surface area contributed by atoms with Gasteiger partial charge >= 0.3 is 18.3 Å². The van der Waals surface area contributed by atoms with Crippen LogP contribution in [0.2, 0.25) is 5.02 Å². The Morgan fingerprint density at radius 1 is 0.980 bits per heavy atom. The number of amides is 1. The van der Waals surface area contributed by atoms with Gasteiger partial charge in [0, 0.05) is 61.3 Å². The van der Waals surface area contributed by atoms with Crippen LogP contribution in [0.5, 0.6) is 0 Å². The van der Waals surface area contributed by atoms with Crippen LogP contribution in [0, 0.1) is 11.7 Å². The van der Waals surface area contributed by atoms with Crippen LogP contribution in [0.1, 0.15) is 73.8 Å². The number of hydrogen-bond acceptors (Lipinski definition) is 5. The summed E-state index contributed by atoms with van der Waals surface area (Å²) in [6.07, 6.45) is -9.93. The van der Waals surface area contributed by atoms with Gasteiger partial charge in [-0.05, 0) is 55.5 Å². The molecule has 2 aromatic carbocycles. The molecule has 1 saturated carbocycles. The summed E-state index contributed by atoms with van der Waals surface area (Å²) >= 11 is 6.41. The van der Waals surface area contributed by atoms with Crippen LogP contribution >= 0.6 is 11.6 Å². The molecule has 51 heavy (non-hydrogen) atoms. The van der Waals surface area contributed by atoms with Gasteiger partial charge in [0.1, 0.15) is 5.82 Å². The first kappa shape index (κ1) is 34.7. The fraction of sp³-hybridized carbons (Fsp3) is 0.382. The molecule has 0 unspecified atom stereocenters. The Balaban J connectivity index is 1.30. The minimum absolute atomic E-state index is 0.0378. The van der Waals surface area contributed by atoms with Crippen molar-refractivity contribution >= 4 is 29.4 Å². The molecule has 1 aliphatic heterocycles. The van der Waals surface area contributed by atoms with Gasteiger partial charge in [-0.25, -0.2) is 9.18 Å². The molecular formula is C34H27ClF7N5O4. The molecular weight excluding hydrogens is 711 g/mol. The maximum absolute atomic E-state index is 15.4. The van der Waals surface area contributed by atoms with E-state index in [0.717, 1.165) is 27.6 Å². The zero-order chi connectivity index (χ0) is 36.8. The lowest BCUT2D eigenvalue weighted by Crippen LogP contribution is -2.42. The number of aromatic carboxylic acids is 1. The third kappa shape index (κ3) is 5.67. The van der Waals surface area contributed by atoms with Crippen LogP contribution in [0.15, 0.2) is 36.4 Å². The topological polar surface area (TPSA) is 110 Å². The fourth-order valence-corrected chi connectivity index (χ4v) is 7.65. The minimum Gasteiger partial charge on any atom is -0.478 e. The van der Waals surface area contributed by atoms with Crippen LogP contribution in [0.25, 0.3) is 11.3 Å². The Morgan fingerprint density at radius 2 is 1.71 bits per heavy atom. The van der Waals surface area contributed by atoms with Gasteiger partial charge < -0.3 is 10.0 Å². The molecule has 1 amide bonds. The molecule has 2 aromatic heterocycles. The normalized spacial score (nSPS) is 18.3. The minimum atomic E-state index is -4.75. The van der Waals surface area contributed by atoms with Crippen molar-refractivity contribution in [2.75, 3.05) is 6.54 Å². The summed E-state index contributed by atoms with van der Waals surface area (Å²) in [6.45, 7) is -0.258. The monoisotopic (exact) mass is 737 g/mol. The lowest BCUT2D eigenvalue weighted by atomic mass is 9.84. The van der Waals surface area contributed by atoms with Gasteiger partial charge in [0.15, 0.2) is 5.69 Å². The van der Waals surface area contributed by atoms with E-state index in [0.29, 0.717) is 11.3 Å². The molecule has 0 saturated heterocycles. The summed E-state index contributed by atoms with van der Waals surface area (Å²) in [5, 5.41) is 17.0. The lowest BCUT2D eigenvalue weighted by molar-refractivity contribution is -0.160. The Morgan fingerprint density at radius 3 is 2.33 bits per heavy atom. The number of alkyl halides is 6. The zero-order valence-electron chi connectivity index (χ0n) is 26.6. The SMILES string of the molecule is Cn1nc(C(F)(F)F)c2c1CCN(C(=O)[C@H]1CCc3c(-c4ccc(C(=O)O)cc4F)nn(C(=O)c4c(Cl)cccc4C4(C(F)(F)F)CC4)c3C1)C2. The number of hydrogen-bond donors (Lipinski definition) is 1. The molecule has 1 fully saturated rings. The van der Waals surface area contributed by atoms with Crippen molar-refractivity contribution in [2.24, 2.45) is 13.0 Å². The third-order valence-corrected chi connectivity index (χ3v) is 10.5. The Kier molecular flexibility index (Phi) is 8.11. The van der Waals surface area contributed by atoms with Crippen molar-refractivity contribution < 1.29 is 50.2 Å². The zero-order valence-corrected chi connectivity index (χ0v) is 27.4.